The molecule has 3 rings (SSSR count). The third kappa shape index (κ3) is 3.31. The molecule has 1 saturated heterocycles. The highest BCUT2D eigenvalue weighted by molar-refractivity contribution is 5.46. The summed E-state index contributed by atoms with van der Waals surface area (Å²) in [6.45, 7) is 6.04. The van der Waals surface area contributed by atoms with Gasteiger partial charge in [-0.15, -0.1) is 0 Å². The van der Waals surface area contributed by atoms with E-state index >= 15 is 0 Å². The van der Waals surface area contributed by atoms with E-state index in [0.29, 0.717) is 5.92 Å². The van der Waals surface area contributed by atoms with E-state index in [2.05, 4.69) is 57.1 Å². The zero-order chi connectivity index (χ0) is 15.8. The van der Waals surface area contributed by atoms with Gasteiger partial charge in [0.25, 0.3) is 0 Å². The van der Waals surface area contributed by atoms with E-state index < -0.39 is 0 Å². The van der Waals surface area contributed by atoms with Crippen molar-refractivity contribution < 1.29 is 9.47 Å². The Hall–Kier alpha value is -1.06. The largest absolute Gasteiger partial charge is 0.378 e. The Morgan fingerprint density at radius 1 is 0.955 bits per heavy atom. The van der Waals surface area contributed by atoms with Gasteiger partial charge >= 0.3 is 0 Å². The second kappa shape index (κ2) is 5.86. The monoisotopic (exact) mass is 303 g/mol. The molecule has 0 atom stereocenters. The minimum absolute atomic E-state index is 0.157. The molecule has 1 spiro atoms. The van der Waals surface area contributed by atoms with Crippen molar-refractivity contribution in [2.45, 2.75) is 51.2 Å². The molecule has 1 heterocycles. The topological polar surface area (TPSA) is 21.7 Å². The lowest BCUT2D eigenvalue weighted by atomic mass is 9.80. The molecule has 22 heavy (non-hydrogen) atoms. The number of rotatable bonds is 2. The number of hydrogen-bond donors (Lipinski definition) is 0. The van der Waals surface area contributed by atoms with Gasteiger partial charge in [-0.3, -0.25) is 0 Å². The fourth-order valence-corrected chi connectivity index (χ4v) is 3.46. The van der Waals surface area contributed by atoms with Gasteiger partial charge in [0.05, 0.1) is 13.2 Å². The van der Waals surface area contributed by atoms with Crippen LogP contribution in [0.3, 0.4) is 0 Å². The molecule has 0 amide bonds. The van der Waals surface area contributed by atoms with Crippen LogP contribution < -0.4 is 4.90 Å². The van der Waals surface area contributed by atoms with Crippen molar-refractivity contribution >= 4 is 5.69 Å². The zero-order valence-electron chi connectivity index (χ0n) is 14.4. The summed E-state index contributed by atoms with van der Waals surface area (Å²) < 4.78 is 12.3. The first kappa shape index (κ1) is 15.8. The van der Waals surface area contributed by atoms with E-state index in [1.165, 1.54) is 11.3 Å². The number of anilines is 1. The summed E-state index contributed by atoms with van der Waals surface area (Å²) in [6.07, 6.45) is 4.34. The lowest BCUT2D eigenvalue weighted by molar-refractivity contribution is -0.310. The predicted octanol–water partition coefficient (Wildman–Crippen LogP) is 4.18. The van der Waals surface area contributed by atoms with Gasteiger partial charge in [-0.05, 0) is 36.5 Å². The average Bonchev–Trinajstić information content (AvgIpc) is 2.52. The van der Waals surface area contributed by atoms with Gasteiger partial charge in [-0.1, -0.05) is 26.0 Å². The Bertz CT molecular complexity index is 487. The van der Waals surface area contributed by atoms with Crippen LogP contribution in [0.4, 0.5) is 5.69 Å². The Balaban J connectivity index is 1.60. The molecular formula is C19H29NO2. The van der Waals surface area contributed by atoms with Gasteiger partial charge in [0.2, 0.25) is 0 Å². The van der Waals surface area contributed by atoms with Crippen LogP contribution in [0, 0.1) is 5.41 Å². The molecule has 2 fully saturated rings. The summed E-state index contributed by atoms with van der Waals surface area (Å²) in [4.78, 5) is 2.14. The lowest BCUT2D eigenvalue weighted by Gasteiger charge is -2.46. The van der Waals surface area contributed by atoms with Crippen LogP contribution in [0.2, 0.25) is 0 Å². The Morgan fingerprint density at radius 3 is 2.00 bits per heavy atom. The van der Waals surface area contributed by atoms with Crippen LogP contribution in [-0.2, 0) is 9.47 Å². The second-order valence-corrected chi connectivity index (χ2v) is 7.91. The number of hydrogen-bond acceptors (Lipinski definition) is 3. The maximum Gasteiger partial charge on any atom is 0.168 e. The molecule has 1 aliphatic heterocycles. The molecule has 0 bridgehead atoms. The molecule has 1 aromatic carbocycles. The van der Waals surface area contributed by atoms with Gasteiger partial charge in [0.15, 0.2) is 5.79 Å². The highest BCUT2D eigenvalue weighted by Gasteiger charge is 2.43. The fraction of sp³-hybridized carbons (Fsp3) is 0.684. The van der Waals surface area contributed by atoms with Crippen LogP contribution in [0.1, 0.15) is 51.0 Å². The maximum absolute atomic E-state index is 6.13. The molecule has 1 aromatic rings. The number of nitrogens with zero attached hydrogens (tertiary/aromatic N) is 1. The molecule has 122 valence electrons. The number of ether oxygens (including phenoxy) is 2. The molecule has 1 saturated carbocycles. The second-order valence-electron chi connectivity index (χ2n) is 7.91. The van der Waals surface area contributed by atoms with E-state index in [-0.39, 0.29) is 11.2 Å². The maximum atomic E-state index is 6.13. The smallest absolute Gasteiger partial charge is 0.168 e. The summed E-state index contributed by atoms with van der Waals surface area (Å²) in [6, 6.07) is 9.00. The molecule has 1 aliphatic carbocycles. The van der Waals surface area contributed by atoms with Crippen LogP contribution in [0.25, 0.3) is 0 Å². The highest BCUT2D eigenvalue weighted by Crippen LogP contribution is 2.44. The van der Waals surface area contributed by atoms with Crippen molar-refractivity contribution in [3.63, 3.8) is 0 Å². The third-order valence-electron chi connectivity index (χ3n) is 5.08. The van der Waals surface area contributed by atoms with E-state index in [1.54, 1.807) is 0 Å². The normalized spacial score (nSPS) is 24.4. The average molecular weight is 303 g/mol. The minimum atomic E-state index is -0.296. The van der Waals surface area contributed by atoms with Crippen molar-refractivity contribution in [3.8, 4) is 0 Å². The molecule has 3 nitrogen and oxygen atoms in total. The number of benzene rings is 1. The molecule has 3 heteroatoms. The van der Waals surface area contributed by atoms with Crippen molar-refractivity contribution in [1.82, 2.24) is 0 Å². The van der Waals surface area contributed by atoms with Gasteiger partial charge in [-0.2, -0.15) is 0 Å². The first-order valence-corrected chi connectivity index (χ1v) is 8.44. The molecular weight excluding hydrogens is 274 g/mol. The summed E-state index contributed by atoms with van der Waals surface area (Å²) in [5, 5.41) is 0. The Morgan fingerprint density at radius 2 is 1.50 bits per heavy atom. The van der Waals surface area contributed by atoms with E-state index in [4.69, 9.17) is 9.47 Å². The van der Waals surface area contributed by atoms with Crippen LogP contribution in [0.15, 0.2) is 24.3 Å². The van der Waals surface area contributed by atoms with Crippen molar-refractivity contribution in [1.29, 1.82) is 0 Å². The Kier molecular flexibility index (Phi) is 4.21. The van der Waals surface area contributed by atoms with Gasteiger partial charge in [0, 0.05) is 38.0 Å². The predicted molar refractivity (Wildman–Crippen MR) is 90.4 cm³/mol. The summed E-state index contributed by atoms with van der Waals surface area (Å²) >= 11 is 0. The Labute approximate surface area is 134 Å². The van der Waals surface area contributed by atoms with Crippen molar-refractivity contribution in [3.05, 3.63) is 29.8 Å². The van der Waals surface area contributed by atoms with Gasteiger partial charge in [-0.25, -0.2) is 0 Å². The lowest BCUT2D eigenvalue weighted by Crippen LogP contribution is -2.49. The van der Waals surface area contributed by atoms with Crippen LogP contribution >= 0.6 is 0 Å². The van der Waals surface area contributed by atoms with E-state index in [0.717, 1.165) is 38.9 Å². The molecule has 0 unspecified atom stereocenters. The summed E-state index contributed by atoms with van der Waals surface area (Å²) in [5.41, 5.74) is 2.87. The zero-order valence-corrected chi connectivity index (χ0v) is 14.4. The minimum Gasteiger partial charge on any atom is -0.378 e. The van der Waals surface area contributed by atoms with Gasteiger partial charge in [0.1, 0.15) is 0 Å². The molecule has 2 aliphatic rings. The molecule has 0 N–H and O–H groups in total. The third-order valence-corrected chi connectivity index (χ3v) is 5.08. The quantitative estimate of drug-likeness (QED) is 0.818. The van der Waals surface area contributed by atoms with Crippen LogP contribution in [0.5, 0.6) is 0 Å². The SMILES string of the molecule is CN(C)c1ccc(C2CCC3(CC2)OCC(C)(C)CO3)cc1. The van der Waals surface area contributed by atoms with Crippen molar-refractivity contribution in [2.75, 3.05) is 32.2 Å². The standard InChI is InChI=1S/C19H29NO2/c1-18(2)13-21-19(22-14-18)11-9-16(10-12-19)15-5-7-17(8-6-15)20(3)4/h5-8,16H,9-14H2,1-4H3. The first-order chi connectivity index (χ1) is 10.4. The highest BCUT2D eigenvalue weighted by atomic mass is 16.7. The molecule has 0 aromatic heterocycles. The first-order valence-electron chi connectivity index (χ1n) is 8.44. The molecule has 0 radical (unpaired) electrons. The van der Waals surface area contributed by atoms with Gasteiger partial charge < -0.3 is 14.4 Å². The van der Waals surface area contributed by atoms with Crippen molar-refractivity contribution in [2.24, 2.45) is 5.41 Å². The van der Waals surface area contributed by atoms with E-state index in [1.807, 2.05) is 0 Å². The summed E-state index contributed by atoms with van der Waals surface area (Å²) in [5.74, 6) is 0.347. The van der Waals surface area contributed by atoms with E-state index in [9.17, 15) is 0 Å². The summed E-state index contributed by atoms with van der Waals surface area (Å²) in [7, 11) is 4.16. The van der Waals surface area contributed by atoms with Crippen LogP contribution in [-0.4, -0.2) is 33.1 Å². The fourth-order valence-electron chi connectivity index (χ4n) is 3.46.